The van der Waals surface area contributed by atoms with E-state index in [-0.39, 0.29) is 29.8 Å². The van der Waals surface area contributed by atoms with Crippen LogP contribution in [0.2, 0.25) is 0 Å². The Morgan fingerprint density at radius 3 is 2.75 bits per heavy atom. The smallest absolute Gasteiger partial charge is 0.343 e. The molecule has 1 saturated carbocycles. The number of allylic oxidation sites excluding steroid dienone is 1. The number of benzene rings is 1. The summed E-state index contributed by atoms with van der Waals surface area (Å²) in [6.07, 6.45) is 0.866. The molecule has 1 aliphatic heterocycles. The topological polar surface area (TPSA) is 79.8 Å². The third-order valence-electron chi connectivity index (χ3n) is 4.24. The van der Waals surface area contributed by atoms with E-state index in [9.17, 15) is 9.59 Å². The van der Waals surface area contributed by atoms with Crippen LogP contribution in [0.3, 0.4) is 0 Å². The van der Waals surface area contributed by atoms with E-state index < -0.39 is 5.97 Å². The molecule has 1 aliphatic carbocycles. The van der Waals surface area contributed by atoms with Gasteiger partial charge in [-0.15, -0.1) is 0 Å². The van der Waals surface area contributed by atoms with E-state index in [0.29, 0.717) is 17.3 Å². The van der Waals surface area contributed by atoms with E-state index in [2.05, 4.69) is 15.6 Å². The SMILES string of the molecule is CCOC(=O)C1=C(C)Nc2ccccc2N=C1NC(=O)C1CC1C. The standard InChI is InChI=1S/C18H21N3O3/c1-4-24-18(23)15-11(3)19-13-7-5-6-8-14(13)20-16(15)21-17(22)12-9-10(12)2/h5-8,10,12,19H,4,9H2,1-3H3,(H,20,21,22). The minimum atomic E-state index is -0.502. The number of hydrogen-bond acceptors (Lipinski definition) is 5. The number of esters is 1. The summed E-state index contributed by atoms with van der Waals surface area (Å²) in [5.41, 5.74) is 2.30. The number of anilines is 1. The van der Waals surface area contributed by atoms with Crippen LogP contribution in [-0.4, -0.2) is 24.3 Å². The second-order valence-electron chi connectivity index (χ2n) is 6.13. The second-order valence-corrected chi connectivity index (χ2v) is 6.13. The molecule has 6 heteroatoms. The third kappa shape index (κ3) is 3.18. The summed E-state index contributed by atoms with van der Waals surface area (Å²) in [6, 6.07) is 7.44. The molecule has 0 aromatic heterocycles. The average molecular weight is 327 g/mol. The van der Waals surface area contributed by atoms with E-state index >= 15 is 0 Å². The number of nitrogens with one attached hydrogen (secondary N) is 2. The van der Waals surface area contributed by atoms with Gasteiger partial charge in [0.2, 0.25) is 5.91 Å². The quantitative estimate of drug-likeness (QED) is 0.837. The molecule has 0 saturated heterocycles. The van der Waals surface area contributed by atoms with Gasteiger partial charge in [0.1, 0.15) is 11.4 Å². The van der Waals surface area contributed by atoms with Crippen molar-refractivity contribution in [3.8, 4) is 0 Å². The van der Waals surface area contributed by atoms with Crippen molar-refractivity contribution in [3.63, 3.8) is 0 Å². The summed E-state index contributed by atoms with van der Waals surface area (Å²) in [7, 11) is 0. The van der Waals surface area contributed by atoms with Crippen LogP contribution in [0, 0.1) is 11.8 Å². The molecule has 1 aromatic carbocycles. The van der Waals surface area contributed by atoms with Crippen LogP contribution in [-0.2, 0) is 14.3 Å². The number of rotatable bonds is 3. The van der Waals surface area contributed by atoms with Crippen molar-refractivity contribution in [2.45, 2.75) is 27.2 Å². The number of hydrogen-bond donors (Lipinski definition) is 2. The molecule has 1 amide bonds. The second kappa shape index (κ2) is 6.47. The first-order valence-corrected chi connectivity index (χ1v) is 8.15. The summed E-state index contributed by atoms with van der Waals surface area (Å²) in [4.78, 5) is 29.3. The molecule has 2 atom stereocenters. The summed E-state index contributed by atoms with van der Waals surface area (Å²) in [5.74, 6) is 0.00162. The van der Waals surface area contributed by atoms with E-state index in [1.165, 1.54) is 0 Å². The fourth-order valence-corrected chi connectivity index (χ4v) is 2.74. The first-order valence-electron chi connectivity index (χ1n) is 8.15. The number of nitrogens with zero attached hydrogens (tertiary/aromatic N) is 1. The summed E-state index contributed by atoms with van der Waals surface area (Å²) >= 11 is 0. The Morgan fingerprint density at radius 1 is 1.38 bits per heavy atom. The van der Waals surface area contributed by atoms with Gasteiger partial charge < -0.3 is 15.4 Å². The van der Waals surface area contributed by atoms with Crippen molar-refractivity contribution in [3.05, 3.63) is 35.5 Å². The minimum Gasteiger partial charge on any atom is -0.462 e. The minimum absolute atomic E-state index is 0.0112. The number of carbonyl (C=O) groups excluding carboxylic acids is 2. The van der Waals surface area contributed by atoms with Gasteiger partial charge >= 0.3 is 5.97 Å². The first-order chi connectivity index (χ1) is 11.5. The van der Waals surface area contributed by atoms with Gasteiger partial charge in [-0.05, 0) is 38.3 Å². The van der Waals surface area contributed by atoms with Gasteiger partial charge in [-0.2, -0.15) is 0 Å². The number of amides is 1. The molecule has 24 heavy (non-hydrogen) atoms. The maximum Gasteiger partial charge on any atom is 0.343 e. The van der Waals surface area contributed by atoms with Gasteiger partial charge in [0.25, 0.3) is 0 Å². The molecule has 1 fully saturated rings. The normalized spacial score (nSPS) is 21.9. The zero-order chi connectivity index (χ0) is 17.3. The Hall–Kier alpha value is -2.63. The van der Waals surface area contributed by atoms with Crippen molar-refractivity contribution in [1.82, 2.24) is 5.32 Å². The molecule has 3 rings (SSSR count). The van der Waals surface area contributed by atoms with Crippen molar-refractivity contribution in [2.75, 3.05) is 11.9 Å². The van der Waals surface area contributed by atoms with E-state index in [1.807, 2.05) is 31.2 Å². The van der Waals surface area contributed by atoms with Crippen molar-refractivity contribution in [1.29, 1.82) is 0 Å². The number of amidine groups is 1. The number of carbonyl (C=O) groups is 2. The molecule has 1 heterocycles. The Labute approximate surface area is 141 Å². The van der Waals surface area contributed by atoms with Crippen LogP contribution < -0.4 is 10.6 Å². The predicted octanol–water partition coefficient (Wildman–Crippen LogP) is 2.75. The van der Waals surface area contributed by atoms with Crippen LogP contribution in [0.15, 0.2) is 40.5 Å². The zero-order valence-corrected chi connectivity index (χ0v) is 14.1. The lowest BCUT2D eigenvalue weighted by molar-refractivity contribution is -0.137. The Kier molecular flexibility index (Phi) is 4.38. The van der Waals surface area contributed by atoms with Crippen LogP contribution in [0.5, 0.6) is 0 Å². The molecule has 2 aliphatic rings. The molecule has 0 spiro atoms. The summed E-state index contributed by atoms with van der Waals surface area (Å²) < 4.78 is 5.15. The molecule has 2 N–H and O–H groups in total. The molecule has 1 aromatic rings. The lowest BCUT2D eigenvalue weighted by Gasteiger charge is -2.13. The molecule has 126 valence electrons. The van der Waals surface area contributed by atoms with Gasteiger partial charge in [-0.1, -0.05) is 19.1 Å². The fraction of sp³-hybridized carbons (Fsp3) is 0.389. The van der Waals surface area contributed by atoms with E-state index in [0.717, 1.165) is 12.1 Å². The van der Waals surface area contributed by atoms with Gasteiger partial charge in [-0.25, -0.2) is 9.79 Å². The Bertz CT molecular complexity index is 752. The monoisotopic (exact) mass is 327 g/mol. The molecular formula is C18H21N3O3. The lowest BCUT2D eigenvalue weighted by atomic mass is 10.1. The highest BCUT2D eigenvalue weighted by Gasteiger charge is 2.40. The molecule has 0 radical (unpaired) electrons. The highest BCUT2D eigenvalue weighted by Crippen LogP contribution is 2.38. The number of aliphatic imine (C=N–C) groups is 1. The van der Waals surface area contributed by atoms with Gasteiger partial charge in [0, 0.05) is 11.6 Å². The number of para-hydroxylation sites is 2. The first kappa shape index (κ1) is 16.2. The van der Waals surface area contributed by atoms with Crippen LogP contribution in [0.4, 0.5) is 11.4 Å². The zero-order valence-electron chi connectivity index (χ0n) is 14.1. The van der Waals surface area contributed by atoms with Gasteiger partial charge in [-0.3, -0.25) is 4.79 Å². The van der Waals surface area contributed by atoms with Crippen molar-refractivity contribution < 1.29 is 14.3 Å². The fourth-order valence-electron chi connectivity index (χ4n) is 2.74. The summed E-state index contributed by atoms with van der Waals surface area (Å²) in [6.45, 7) is 5.80. The molecular weight excluding hydrogens is 306 g/mol. The maximum atomic E-state index is 12.4. The van der Waals surface area contributed by atoms with Crippen molar-refractivity contribution >= 4 is 29.1 Å². The van der Waals surface area contributed by atoms with Crippen LogP contribution >= 0.6 is 0 Å². The highest BCUT2D eigenvalue weighted by atomic mass is 16.5. The third-order valence-corrected chi connectivity index (χ3v) is 4.24. The lowest BCUT2D eigenvalue weighted by Crippen LogP contribution is -2.36. The Morgan fingerprint density at radius 2 is 2.08 bits per heavy atom. The highest BCUT2D eigenvalue weighted by molar-refractivity contribution is 6.24. The maximum absolute atomic E-state index is 12.4. The number of fused-ring (bicyclic) bond motifs is 1. The Balaban J connectivity index is 2.00. The number of ether oxygens (including phenoxy) is 1. The van der Waals surface area contributed by atoms with Crippen LogP contribution in [0.25, 0.3) is 0 Å². The predicted molar refractivity (Wildman–Crippen MR) is 91.9 cm³/mol. The largest absolute Gasteiger partial charge is 0.462 e. The average Bonchev–Trinajstić information content (AvgIpc) is 3.28. The molecule has 6 nitrogen and oxygen atoms in total. The van der Waals surface area contributed by atoms with Gasteiger partial charge in [0.15, 0.2) is 0 Å². The van der Waals surface area contributed by atoms with Crippen LogP contribution in [0.1, 0.15) is 27.2 Å². The van der Waals surface area contributed by atoms with E-state index in [4.69, 9.17) is 4.74 Å². The van der Waals surface area contributed by atoms with E-state index in [1.54, 1.807) is 13.8 Å². The van der Waals surface area contributed by atoms with Gasteiger partial charge in [0.05, 0.1) is 18.0 Å². The molecule has 2 unspecified atom stereocenters. The molecule has 0 bridgehead atoms. The summed E-state index contributed by atoms with van der Waals surface area (Å²) in [5, 5.41) is 6.01. The van der Waals surface area contributed by atoms with Crippen molar-refractivity contribution in [2.24, 2.45) is 16.8 Å².